The van der Waals surface area contributed by atoms with E-state index < -0.39 is 0 Å². The highest BCUT2D eigenvalue weighted by atomic mass is 32.1. The number of aromatic nitrogens is 1. The van der Waals surface area contributed by atoms with E-state index in [0.717, 1.165) is 25.3 Å². The van der Waals surface area contributed by atoms with Crippen LogP contribution >= 0.6 is 11.3 Å². The highest BCUT2D eigenvalue weighted by Gasteiger charge is 2.20. The predicted molar refractivity (Wildman–Crippen MR) is 71.7 cm³/mol. The molecule has 1 aliphatic rings. The van der Waals surface area contributed by atoms with E-state index in [1.165, 1.54) is 10.1 Å². The van der Waals surface area contributed by atoms with E-state index >= 15 is 0 Å². The molecule has 0 saturated carbocycles. The zero-order valence-electron chi connectivity index (χ0n) is 9.85. The molecule has 0 amide bonds. The van der Waals surface area contributed by atoms with Crippen molar-refractivity contribution in [3.8, 4) is 0 Å². The van der Waals surface area contributed by atoms with Gasteiger partial charge in [0.15, 0.2) is 0 Å². The molecule has 2 unspecified atom stereocenters. The Kier molecular flexibility index (Phi) is 2.99. The third-order valence-corrected chi connectivity index (χ3v) is 4.13. The quantitative estimate of drug-likeness (QED) is 0.885. The van der Waals surface area contributed by atoms with Gasteiger partial charge in [-0.2, -0.15) is 0 Å². The second-order valence-corrected chi connectivity index (χ2v) is 5.46. The fraction of sp³-hybridized carbons (Fsp3) is 0.462. The predicted octanol–water partition coefficient (Wildman–Crippen LogP) is 3.28. The van der Waals surface area contributed by atoms with Gasteiger partial charge in [0.2, 0.25) is 0 Å². The molecule has 3 nitrogen and oxygen atoms in total. The summed E-state index contributed by atoms with van der Waals surface area (Å²) < 4.78 is 6.82. The summed E-state index contributed by atoms with van der Waals surface area (Å²) in [5.74, 6) is 1.02. The normalized spacial score (nSPS) is 25.0. The van der Waals surface area contributed by atoms with Gasteiger partial charge in [0, 0.05) is 18.8 Å². The molecule has 1 aliphatic heterocycles. The van der Waals surface area contributed by atoms with Crippen LogP contribution in [-0.2, 0) is 4.74 Å². The summed E-state index contributed by atoms with van der Waals surface area (Å²) in [6.45, 7) is 2.98. The Bertz CT molecular complexity index is 511. The maximum atomic E-state index is 5.56. The molecule has 4 heteroatoms. The number of anilines is 1. The van der Waals surface area contributed by atoms with Crippen molar-refractivity contribution in [3.05, 3.63) is 23.7 Å². The van der Waals surface area contributed by atoms with E-state index in [1.54, 1.807) is 11.3 Å². The smallest absolute Gasteiger partial charge is 0.144 e. The fourth-order valence-corrected chi connectivity index (χ4v) is 3.17. The Hall–Kier alpha value is -1.13. The highest BCUT2D eigenvalue weighted by Crippen LogP contribution is 2.28. The molecule has 0 radical (unpaired) electrons. The molecule has 1 saturated heterocycles. The maximum Gasteiger partial charge on any atom is 0.144 e. The van der Waals surface area contributed by atoms with Gasteiger partial charge in [0.25, 0.3) is 0 Å². The standard InChI is InChI=1S/C13H16N2OS/c1-9-8-11(3-6-16-9)15-13-12-10(2-5-14-13)4-7-17-12/h2,4-5,7,9,11H,3,6,8H2,1H3,(H,14,15). The Labute approximate surface area is 105 Å². The maximum absolute atomic E-state index is 5.56. The lowest BCUT2D eigenvalue weighted by atomic mass is 10.0. The van der Waals surface area contributed by atoms with Gasteiger partial charge in [-0.15, -0.1) is 11.3 Å². The van der Waals surface area contributed by atoms with Crippen molar-refractivity contribution in [2.24, 2.45) is 0 Å². The largest absolute Gasteiger partial charge is 0.378 e. The Morgan fingerprint density at radius 3 is 3.29 bits per heavy atom. The van der Waals surface area contributed by atoms with Crippen LogP contribution in [-0.4, -0.2) is 23.7 Å². The molecule has 0 aliphatic carbocycles. The SMILES string of the molecule is CC1CC(Nc2nccc3ccsc23)CCO1. The highest BCUT2D eigenvalue weighted by molar-refractivity contribution is 7.17. The van der Waals surface area contributed by atoms with E-state index in [9.17, 15) is 0 Å². The van der Waals surface area contributed by atoms with Crippen LogP contribution in [0.2, 0.25) is 0 Å². The molecule has 2 aromatic rings. The van der Waals surface area contributed by atoms with Gasteiger partial charge in [-0.25, -0.2) is 4.98 Å². The van der Waals surface area contributed by atoms with E-state index in [0.29, 0.717) is 12.1 Å². The first kappa shape index (κ1) is 11.0. The first-order chi connectivity index (χ1) is 8.33. The monoisotopic (exact) mass is 248 g/mol. The number of fused-ring (bicyclic) bond motifs is 1. The van der Waals surface area contributed by atoms with Crippen molar-refractivity contribution in [2.45, 2.75) is 31.9 Å². The third kappa shape index (κ3) is 2.28. The molecular weight excluding hydrogens is 232 g/mol. The molecule has 3 heterocycles. The van der Waals surface area contributed by atoms with Crippen molar-refractivity contribution < 1.29 is 4.74 Å². The Morgan fingerprint density at radius 1 is 1.47 bits per heavy atom. The van der Waals surface area contributed by atoms with Crippen molar-refractivity contribution in [2.75, 3.05) is 11.9 Å². The number of nitrogens with zero attached hydrogens (tertiary/aromatic N) is 1. The lowest BCUT2D eigenvalue weighted by Gasteiger charge is -2.28. The molecule has 0 spiro atoms. The van der Waals surface area contributed by atoms with Crippen LogP contribution in [0.5, 0.6) is 0 Å². The van der Waals surface area contributed by atoms with E-state index in [1.807, 2.05) is 6.20 Å². The van der Waals surface area contributed by atoms with E-state index in [4.69, 9.17) is 4.74 Å². The molecular formula is C13H16N2OS. The Morgan fingerprint density at radius 2 is 2.41 bits per heavy atom. The molecule has 1 fully saturated rings. The van der Waals surface area contributed by atoms with Crippen molar-refractivity contribution in [3.63, 3.8) is 0 Å². The number of hydrogen-bond donors (Lipinski definition) is 1. The van der Waals surface area contributed by atoms with Crippen LogP contribution in [0.1, 0.15) is 19.8 Å². The summed E-state index contributed by atoms with van der Waals surface area (Å²) in [4.78, 5) is 4.46. The number of rotatable bonds is 2. The zero-order valence-corrected chi connectivity index (χ0v) is 10.7. The van der Waals surface area contributed by atoms with Gasteiger partial charge >= 0.3 is 0 Å². The van der Waals surface area contributed by atoms with Gasteiger partial charge in [-0.1, -0.05) is 0 Å². The lowest BCUT2D eigenvalue weighted by Crippen LogP contribution is -2.32. The first-order valence-corrected chi connectivity index (χ1v) is 6.91. The zero-order chi connectivity index (χ0) is 11.7. The Balaban J connectivity index is 1.82. The summed E-state index contributed by atoms with van der Waals surface area (Å²) in [5.41, 5.74) is 0. The second kappa shape index (κ2) is 4.63. The summed E-state index contributed by atoms with van der Waals surface area (Å²) in [5, 5.41) is 6.95. The first-order valence-electron chi connectivity index (χ1n) is 6.03. The number of pyridine rings is 1. The third-order valence-electron chi connectivity index (χ3n) is 3.19. The lowest BCUT2D eigenvalue weighted by molar-refractivity contribution is 0.0232. The van der Waals surface area contributed by atoms with Crippen molar-refractivity contribution in [1.29, 1.82) is 0 Å². The molecule has 1 N–H and O–H groups in total. The number of ether oxygens (including phenoxy) is 1. The van der Waals surface area contributed by atoms with Gasteiger partial charge in [0.05, 0.1) is 10.8 Å². The van der Waals surface area contributed by atoms with Gasteiger partial charge in [0.1, 0.15) is 5.82 Å². The molecule has 90 valence electrons. The second-order valence-electron chi connectivity index (χ2n) is 4.55. The van der Waals surface area contributed by atoms with Gasteiger partial charge in [-0.3, -0.25) is 0 Å². The molecule has 2 aromatic heterocycles. The minimum atomic E-state index is 0.351. The van der Waals surface area contributed by atoms with E-state index in [-0.39, 0.29) is 0 Å². The summed E-state index contributed by atoms with van der Waals surface area (Å²) >= 11 is 1.75. The average Bonchev–Trinajstić information content (AvgIpc) is 2.78. The van der Waals surface area contributed by atoms with Crippen LogP contribution in [0.4, 0.5) is 5.82 Å². The molecule has 2 atom stereocenters. The van der Waals surface area contributed by atoms with Crippen LogP contribution in [0.3, 0.4) is 0 Å². The minimum Gasteiger partial charge on any atom is -0.378 e. The van der Waals surface area contributed by atoms with E-state index in [2.05, 4.69) is 34.7 Å². The number of hydrogen-bond acceptors (Lipinski definition) is 4. The van der Waals surface area contributed by atoms with Crippen LogP contribution < -0.4 is 5.32 Å². The molecule has 0 aromatic carbocycles. The molecule has 0 bridgehead atoms. The van der Waals surface area contributed by atoms with Crippen LogP contribution in [0.25, 0.3) is 10.1 Å². The number of thiophene rings is 1. The van der Waals surface area contributed by atoms with Gasteiger partial charge < -0.3 is 10.1 Å². The van der Waals surface area contributed by atoms with Gasteiger partial charge in [-0.05, 0) is 42.7 Å². The molecule has 3 rings (SSSR count). The summed E-state index contributed by atoms with van der Waals surface area (Å²) in [7, 11) is 0. The van der Waals surface area contributed by atoms with Crippen LogP contribution in [0.15, 0.2) is 23.7 Å². The fourth-order valence-electron chi connectivity index (χ4n) is 2.32. The number of nitrogens with one attached hydrogen (secondary N) is 1. The molecule has 17 heavy (non-hydrogen) atoms. The van der Waals surface area contributed by atoms with Crippen molar-refractivity contribution in [1.82, 2.24) is 4.98 Å². The topological polar surface area (TPSA) is 34.2 Å². The van der Waals surface area contributed by atoms with Crippen LogP contribution in [0, 0.1) is 0 Å². The van der Waals surface area contributed by atoms with Crippen molar-refractivity contribution >= 4 is 27.2 Å². The summed E-state index contributed by atoms with van der Waals surface area (Å²) in [6.07, 6.45) is 4.35. The average molecular weight is 248 g/mol. The summed E-state index contributed by atoms with van der Waals surface area (Å²) in [6, 6.07) is 4.68. The minimum absolute atomic E-state index is 0.351.